The van der Waals surface area contributed by atoms with Gasteiger partial charge in [0.25, 0.3) is 0 Å². The molecule has 1 fully saturated rings. The first-order chi connectivity index (χ1) is 8.37. The Kier molecular flexibility index (Phi) is 4.57. The van der Waals surface area contributed by atoms with Gasteiger partial charge in [-0.25, -0.2) is 0 Å². The fourth-order valence-corrected chi connectivity index (χ4v) is 2.63. The summed E-state index contributed by atoms with van der Waals surface area (Å²) in [5.74, 6) is 0. The Morgan fingerprint density at radius 2 is 1.88 bits per heavy atom. The molecule has 1 saturated heterocycles. The lowest BCUT2D eigenvalue weighted by Gasteiger charge is -2.38. The van der Waals surface area contributed by atoms with Crippen molar-refractivity contribution < 1.29 is 4.74 Å². The molecule has 2 rings (SSSR count). The highest BCUT2D eigenvalue weighted by atomic mass is 16.5. The van der Waals surface area contributed by atoms with Crippen molar-refractivity contribution in [2.24, 2.45) is 0 Å². The Morgan fingerprint density at radius 3 is 2.53 bits per heavy atom. The van der Waals surface area contributed by atoms with Gasteiger partial charge >= 0.3 is 0 Å². The Balaban J connectivity index is 2.11. The van der Waals surface area contributed by atoms with Crippen LogP contribution in [0.3, 0.4) is 0 Å². The molecule has 1 aromatic carbocycles. The molecule has 1 aliphatic heterocycles. The first kappa shape index (κ1) is 12.6. The summed E-state index contributed by atoms with van der Waals surface area (Å²) >= 11 is 0. The van der Waals surface area contributed by atoms with Crippen molar-refractivity contribution in [1.29, 1.82) is 0 Å². The molecular formula is C15H23NO. The lowest BCUT2D eigenvalue weighted by molar-refractivity contribution is 0.0499. The van der Waals surface area contributed by atoms with Crippen LogP contribution in [0.5, 0.6) is 0 Å². The number of rotatable bonds is 5. The van der Waals surface area contributed by atoms with Crippen LogP contribution in [0.4, 0.5) is 0 Å². The zero-order valence-electron chi connectivity index (χ0n) is 10.7. The van der Waals surface area contributed by atoms with Crippen LogP contribution in [0.2, 0.25) is 0 Å². The third kappa shape index (κ3) is 3.08. The Morgan fingerprint density at radius 1 is 1.18 bits per heavy atom. The molecule has 1 N–H and O–H groups in total. The average Bonchev–Trinajstić information content (AvgIpc) is 2.41. The molecule has 0 radical (unpaired) electrons. The number of ether oxygens (including phenoxy) is 1. The Bertz CT molecular complexity index is 317. The normalized spacial score (nSPS) is 19.1. The van der Waals surface area contributed by atoms with E-state index in [1.165, 1.54) is 12.0 Å². The Labute approximate surface area is 104 Å². The molecule has 0 aromatic heterocycles. The highest BCUT2D eigenvalue weighted by Crippen LogP contribution is 2.34. The minimum Gasteiger partial charge on any atom is -0.381 e. The minimum absolute atomic E-state index is 0.286. The van der Waals surface area contributed by atoms with Gasteiger partial charge in [0.2, 0.25) is 0 Å². The second-order valence-corrected chi connectivity index (χ2v) is 4.94. The second kappa shape index (κ2) is 6.18. The summed E-state index contributed by atoms with van der Waals surface area (Å²) in [7, 11) is 0. The average molecular weight is 233 g/mol. The van der Waals surface area contributed by atoms with Crippen LogP contribution in [-0.4, -0.2) is 26.3 Å². The molecule has 17 heavy (non-hydrogen) atoms. The summed E-state index contributed by atoms with van der Waals surface area (Å²) in [6.45, 7) is 6.18. The van der Waals surface area contributed by atoms with Crippen molar-refractivity contribution in [3.8, 4) is 0 Å². The highest BCUT2D eigenvalue weighted by molar-refractivity contribution is 5.26. The van der Waals surface area contributed by atoms with Gasteiger partial charge in [0, 0.05) is 25.2 Å². The van der Waals surface area contributed by atoms with E-state index < -0.39 is 0 Å². The quantitative estimate of drug-likeness (QED) is 0.790. The summed E-state index contributed by atoms with van der Waals surface area (Å²) < 4.78 is 5.52. The molecular weight excluding hydrogens is 210 g/mol. The van der Waals surface area contributed by atoms with Crippen molar-refractivity contribution in [3.05, 3.63) is 35.9 Å². The van der Waals surface area contributed by atoms with Crippen molar-refractivity contribution >= 4 is 0 Å². The third-order valence-electron chi connectivity index (χ3n) is 3.73. The molecule has 1 aliphatic rings. The van der Waals surface area contributed by atoms with Gasteiger partial charge in [0.05, 0.1) is 0 Å². The molecule has 2 nitrogen and oxygen atoms in total. The minimum atomic E-state index is 0.286. The van der Waals surface area contributed by atoms with Gasteiger partial charge in [0.1, 0.15) is 0 Å². The van der Waals surface area contributed by atoms with Crippen LogP contribution in [-0.2, 0) is 10.2 Å². The second-order valence-electron chi connectivity index (χ2n) is 4.94. The number of hydrogen-bond donors (Lipinski definition) is 1. The summed E-state index contributed by atoms with van der Waals surface area (Å²) in [6.07, 6.45) is 3.46. The zero-order chi connectivity index (χ0) is 12.0. The molecule has 1 aromatic rings. The predicted octanol–water partition coefficient (Wildman–Crippen LogP) is 2.73. The molecule has 0 unspecified atom stereocenters. The van der Waals surface area contributed by atoms with E-state index in [1.807, 2.05) is 0 Å². The topological polar surface area (TPSA) is 21.3 Å². The standard InChI is InChI=1S/C15H23NO/c1-2-10-16-13-15(8-11-17-12-9-15)14-6-4-3-5-7-14/h3-7,16H,2,8-13H2,1H3. The fourth-order valence-electron chi connectivity index (χ4n) is 2.63. The van der Waals surface area contributed by atoms with E-state index in [2.05, 4.69) is 42.6 Å². The maximum Gasteiger partial charge on any atom is 0.0475 e. The monoisotopic (exact) mass is 233 g/mol. The zero-order valence-corrected chi connectivity index (χ0v) is 10.7. The van der Waals surface area contributed by atoms with Gasteiger partial charge in [-0.3, -0.25) is 0 Å². The van der Waals surface area contributed by atoms with Gasteiger partial charge in [-0.15, -0.1) is 0 Å². The summed E-state index contributed by atoms with van der Waals surface area (Å²) in [5.41, 5.74) is 1.75. The number of hydrogen-bond acceptors (Lipinski definition) is 2. The summed E-state index contributed by atoms with van der Waals surface area (Å²) in [6, 6.07) is 10.9. The van der Waals surface area contributed by atoms with E-state index >= 15 is 0 Å². The van der Waals surface area contributed by atoms with Crippen LogP contribution in [0.1, 0.15) is 31.7 Å². The highest BCUT2D eigenvalue weighted by Gasteiger charge is 2.33. The van der Waals surface area contributed by atoms with Gasteiger partial charge in [0.15, 0.2) is 0 Å². The van der Waals surface area contributed by atoms with E-state index in [4.69, 9.17) is 4.74 Å². The van der Waals surface area contributed by atoms with Gasteiger partial charge in [-0.05, 0) is 31.4 Å². The smallest absolute Gasteiger partial charge is 0.0475 e. The predicted molar refractivity (Wildman–Crippen MR) is 71.3 cm³/mol. The van der Waals surface area contributed by atoms with Crippen molar-refractivity contribution in [2.75, 3.05) is 26.3 Å². The van der Waals surface area contributed by atoms with Crippen molar-refractivity contribution in [3.63, 3.8) is 0 Å². The summed E-state index contributed by atoms with van der Waals surface area (Å²) in [4.78, 5) is 0. The van der Waals surface area contributed by atoms with Crippen LogP contribution in [0.15, 0.2) is 30.3 Å². The maximum absolute atomic E-state index is 5.52. The SMILES string of the molecule is CCCNCC1(c2ccccc2)CCOCC1. The molecule has 0 atom stereocenters. The molecule has 0 amide bonds. The first-order valence-corrected chi connectivity index (χ1v) is 6.71. The van der Waals surface area contributed by atoms with Gasteiger partial charge < -0.3 is 10.1 Å². The molecule has 0 bridgehead atoms. The maximum atomic E-state index is 5.52. The molecule has 0 spiro atoms. The van der Waals surface area contributed by atoms with E-state index in [0.29, 0.717) is 0 Å². The molecule has 0 saturated carbocycles. The van der Waals surface area contributed by atoms with Crippen molar-refractivity contribution in [2.45, 2.75) is 31.6 Å². The summed E-state index contributed by atoms with van der Waals surface area (Å²) in [5, 5.41) is 3.59. The lowest BCUT2D eigenvalue weighted by Crippen LogP contribution is -2.43. The molecule has 0 aliphatic carbocycles. The molecule has 94 valence electrons. The molecule has 2 heteroatoms. The van der Waals surface area contributed by atoms with Crippen LogP contribution in [0, 0.1) is 0 Å². The lowest BCUT2D eigenvalue weighted by atomic mass is 9.74. The van der Waals surface area contributed by atoms with E-state index in [-0.39, 0.29) is 5.41 Å². The van der Waals surface area contributed by atoms with Crippen LogP contribution >= 0.6 is 0 Å². The Hall–Kier alpha value is -0.860. The van der Waals surface area contributed by atoms with Crippen LogP contribution < -0.4 is 5.32 Å². The number of benzene rings is 1. The molecule has 1 heterocycles. The van der Waals surface area contributed by atoms with E-state index in [0.717, 1.165) is 39.1 Å². The largest absolute Gasteiger partial charge is 0.381 e. The fraction of sp³-hybridized carbons (Fsp3) is 0.600. The van der Waals surface area contributed by atoms with Gasteiger partial charge in [-0.1, -0.05) is 37.3 Å². The van der Waals surface area contributed by atoms with Gasteiger partial charge in [-0.2, -0.15) is 0 Å². The van der Waals surface area contributed by atoms with E-state index in [9.17, 15) is 0 Å². The van der Waals surface area contributed by atoms with E-state index in [1.54, 1.807) is 0 Å². The number of nitrogens with one attached hydrogen (secondary N) is 1. The van der Waals surface area contributed by atoms with Crippen molar-refractivity contribution in [1.82, 2.24) is 5.32 Å². The van der Waals surface area contributed by atoms with Crippen LogP contribution in [0.25, 0.3) is 0 Å². The third-order valence-corrected chi connectivity index (χ3v) is 3.73. The first-order valence-electron chi connectivity index (χ1n) is 6.71.